The number of hydrogen-bond donors (Lipinski definition) is 2. The molecule has 0 fully saturated rings. The number of nitrogen functional groups attached to an aromatic ring is 1. The van der Waals surface area contributed by atoms with Gasteiger partial charge in [-0.3, -0.25) is 0 Å². The minimum absolute atomic E-state index is 0.0544. The van der Waals surface area contributed by atoms with Gasteiger partial charge in [0.05, 0.1) is 5.75 Å². The summed E-state index contributed by atoms with van der Waals surface area (Å²) in [4.78, 5) is -0.259. The monoisotopic (exact) mass is 281 g/mol. The molecule has 0 atom stereocenters. The van der Waals surface area contributed by atoms with Crippen molar-refractivity contribution in [1.29, 1.82) is 0 Å². The maximum Gasteiger partial charge on any atom is 0.186 e. The van der Waals surface area contributed by atoms with E-state index in [-0.39, 0.29) is 16.1 Å². The second-order valence-electron chi connectivity index (χ2n) is 4.08. The molecule has 0 saturated carbocycles. The minimum atomic E-state index is -3.83. The molecule has 2 aromatic rings. The van der Waals surface area contributed by atoms with Crippen molar-refractivity contribution in [3.63, 3.8) is 0 Å². The van der Waals surface area contributed by atoms with Gasteiger partial charge in [-0.15, -0.1) is 0 Å². The van der Waals surface area contributed by atoms with Crippen LogP contribution in [0.4, 0.5) is 10.1 Å². The van der Waals surface area contributed by atoms with E-state index in [1.54, 1.807) is 6.07 Å². The molecule has 0 aliphatic heterocycles. The number of phenols is 1. The van der Waals surface area contributed by atoms with Crippen LogP contribution in [0.3, 0.4) is 0 Å². The first-order chi connectivity index (χ1) is 8.90. The van der Waals surface area contributed by atoms with Crippen LogP contribution in [0, 0.1) is 5.82 Å². The van der Waals surface area contributed by atoms with Crippen LogP contribution in [-0.4, -0.2) is 13.5 Å². The predicted octanol–water partition coefficient (Wildman–Crippen LogP) is 2.09. The molecule has 0 bridgehead atoms. The van der Waals surface area contributed by atoms with Gasteiger partial charge in [-0.05, 0) is 18.2 Å². The number of benzene rings is 2. The number of halogens is 1. The van der Waals surface area contributed by atoms with Crippen LogP contribution in [0.1, 0.15) is 5.56 Å². The molecular weight excluding hydrogens is 269 g/mol. The zero-order chi connectivity index (χ0) is 14.0. The van der Waals surface area contributed by atoms with Gasteiger partial charge >= 0.3 is 0 Å². The maximum atomic E-state index is 13.5. The van der Waals surface area contributed by atoms with E-state index in [2.05, 4.69) is 0 Å². The summed E-state index contributed by atoms with van der Waals surface area (Å²) in [5, 5.41) is 9.62. The number of rotatable bonds is 3. The lowest BCUT2D eigenvalue weighted by Gasteiger charge is -2.08. The van der Waals surface area contributed by atoms with Crippen LogP contribution in [0.15, 0.2) is 47.4 Å². The lowest BCUT2D eigenvalue weighted by molar-refractivity contribution is 0.459. The lowest BCUT2D eigenvalue weighted by atomic mass is 10.2. The van der Waals surface area contributed by atoms with E-state index in [4.69, 9.17) is 5.73 Å². The van der Waals surface area contributed by atoms with Crippen molar-refractivity contribution >= 4 is 15.5 Å². The molecule has 0 aliphatic rings. The third-order valence-corrected chi connectivity index (χ3v) is 4.33. The second-order valence-corrected chi connectivity index (χ2v) is 6.04. The highest BCUT2D eigenvalue weighted by Crippen LogP contribution is 2.28. The van der Waals surface area contributed by atoms with Crippen molar-refractivity contribution in [3.8, 4) is 5.75 Å². The standard InChI is InChI=1S/C13H12FNO3S/c14-11-4-2-1-3-9(11)8-19(17,18)13-6-5-10(15)7-12(13)16/h1-7,16H,8,15H2. The smallest absolute Gasteiger partial charge is 0.186 e. The summed E-state index contributed by atoms with van der Waals surface area (Å²) < 4.78 is 37.7. The molecule has 19 heavy (non-hydrogen) atoms. The summed E-state index contributed by atoms with van der Waals surface area (Å²) in [5.74, 6) is -1.55. The van der Waals surface area contributed by atoms with Crippen LogP contribution in [-0.2, 0) is 15.6 Å². The summed E-state index contributed by atoms with van der Waals surface area (Å²) in [6.07, 6.45) is 0. The van der Waals surface area contributed by atoms with E-state index in [0.717, 1.165) is 6.07 Å². The Bertz CT molecular complexity index is 714. The van der Waals surface area contributed by atoms with Gasteiger partial charge in [0.15, 0.2) is 9.84 Å². The molecule has 0 spiro atoms. The van der Waals surface area contributed by atoms with Gasteiger partial charge in [0.1, 0.15) is 16.5 Å². The Morgan fingerprint density at radius 2 is 1.84 bits per heavy atom. The Kier molecular flexibility index (Phi) is 3.44. The molecule has 0 aliphatic carbocycles. The quantitative estimate of drug-likeness (QED) is 0.844. The van der Waals surface area contributed by atoms with Gasteiger partial charge in [-0.25, -0.2) is 12.8 Å². The van der Waals surface area contributed by atoms with Crippen LogP contribution < -0.4 is 5.73 Å². The Morgan fingerprint density at radius 1 is 1.16 bits per heavy atom. The van der Waals surface area contributed by atoms with Crippen molar-refractivity contribution in [2.24, 2.45) is 0 Å². The first-order valence-electron chi connectivity index (χ1n) is 5.45. The highest BCUT2D eigenvalue weighted by Gasteiger charge is 2.21. The van der Waals surface area contributed by atoms with Gasteiger partial charge in [-0.2, -0.15) is 0 Å². The molecular formula is C13H12FNO3S. The second kappa shape index (κ2) is 4.89. The average molecular weight is 281 g/mol. The van der Waals surface area contributed by atoms with Crippen LogP contribution in [0.2, 0.25) is 0 Å². The minimum Gasteiger partial charge on any atom is -0.507 e. The average Bonchev–Trinajstić information content (AvgIpc) is 2.31. The number of aromatic hydroxyl groups is 1. The number of nitrogens with two attached hydrogens (primary N) is 1. The molecule has 3 N–H and O–H groups in total. The van der Waals surface area contributed by atoms with Crippen LogP contribution in [0.5, 0.6) is 5.75 Å². The summed E-state index contributed by atoms with van der Waals surface area (Å²) in [7, 11) is -3.83. The third-order valence-electron chi connectivity index (χ3n) is 2.62. The first-order valence-corrected chi connectivity index (χ1v) is 7.10. The maximum absolute atomic E-state index is 13.5. The number of anilines is 1. The van der Waals surface area contributed by atoms with Gasteiger partial charge in [-0.1, -0.05) is 18.2 Å². The van der Waals surface area contributed by atoms with Crippen molar-refractivity contribution in [3.05, 3.63) is 53.8 Å². The lowest BCUT2D eigenvalue weighted by Crippen LogP contribution is -2.07. The van der Waals surface area contributed by atoms with Crippen molar-refractivity contribution in [2.45, 2.75) is 10.6 Å². The Morgan fingerprint density at radius 3 is 2.47 bits per heavy atom. The molecule has 0 amide bonds. The van der Waals surface area contributed by atoms with E-state index < -0.39 is 27.2 Å². The number of sulfone groups is 1. The van der Waals surface area contributed by atoms with E-state index in [9.17, 15) is 17.9 Å². The highest BCUT2D eigenvalue weighted by atomic mass is 32.2. The Balaban J connectivity index is 2.41. The molecule has 2 aromatic carbocycles. The molecule has 0 unspecified atom stereocenters. The molecule has 0 radical (unpaired) electrons. The highest BCUT2D eigenvalue weighted by molar-refractivity contribution is 7.90. The molecule has 0 saturated heterocycles. The van der Waals surface area contributed by atoms with Gasteiger partial charge in [0.2, 0.25) is 0 Å². The zero-order valence-electron chi connectivity index (χ0n) is 9.88. The summed E-state index contributed by atoms with van der Waals surface area (Å²) in [6, 6.07) is 9.33. The molecule has 100 valence electrons. The third kappa shape index (κ3) is 2.85. The van der Waals surface area contributed by atoms with Gasteiger partial charge < -0.3 is 10.8 Å². The van der Waals surface area contributed by atoms with Gasteiger partial charge in [0, 0.05) is 17.3 Å². The molecule has 0 heterocycles. The Labute approximate surface area is 110 Å². The fraction of sp³-hybridized carbons (Fsp3) is 0.0769. The Hall–Kier alpha value is -2.08. The summed E-state index contributed by atoms with van der Waals surface area (Å²) >= 11 is 0. The summed E-state index contributed by atoms with van der Waals surface area (Å²) in [5.41, 5.74) is 5.74. The predicted molar refractivity (Wildman–Crippen MR) is 69.8 cm³/mol. The normalized spacial score (nSPS) is 11.4. The molecule has 6 heteroatoms. The number of hydrogen-bond acceptors (Lipinski definition) is 4. The van der Waals surface area contributed by atoms with Crippen molar-refractivity contribution in [2.75, 3.05) is 5.73 Å². The fourth-order valence-electron chi connectivity index (χ4n) is 1.70. The molecule has 4 nitrogen and oxygen atoms in total. The number of phenolic OH excluding ortho intramolecular Hbond substituents is 1. The molecule has 0 aromatic heterocycles. The summed E-state index contributed by atoms with van der Waals surface area (Å²) in [6.45, 7) is 0. The first kappa shape index (κ1) is 13.4. The SMILES string of the molecule is Nc1ccc(S(=O)(=O)Cc2ccccc2F)c(O)c1. The van der Waals surface area contributed by atoms with Crippen LogP contribution in [0.25, 0.3) is 0 Å². The molecule has 2 rings (SSSR count). The van der Waals surface area contributed by atoms with Crippen molar-refractivity contribution in [1.82, 2.24) is 0 Å². The van der Waals surface area contributed by atoms with E-state index in [0.29, 0.717) is 0 Å². The fourth-order valence-corrected chi connectivity index (χ4v) is 3.15. The van der Waals surface area contributed by atoms with E-state index >= 15 is 0 Å². The topological polar surface area (TPSA) is 80.4 Å². The zero-order valence-corrected chi connectivity index (χ0v) is 10.7. The van der Waals surface area contributed by atoms with Gasteiger partial charge in [0.25, 0.3) is 0 Å². The van der Waals surface area contributed by atoms with E-state index in [1.165, 1.54) is 30.3 Å². The largest absolute Gasteiger partial charge is 0.507 e. The van der Waals surface area contributed by atoms with Crippen molar-refractivity contribution < 1.29 is 17.9 Å². The van der Waals surface area contributed by atoms with Crippen LogP contribution >= 0.6 is 0 Å². The van der Waals surface area contributed by atoms with E-state index in [1.807, 2.05) is 0 Å².